The summed E-state index contributed by atoms with van der Waals surface area (Å²) in [6, 6.07) is 6.39. The second-order valence-corrected chi connectivity index (χ2v) is 5.34. The minimum absolute atomic E-state index is 0.220. The first-order valence-corrected chi connectivity index (χ1v) is 6.94. The molecule has 0 atom stereocenters. The fraction of sp³-hybridized carbons (Fsp3) is 0.214. The molecule has 1 aromatic carbocycles. The molecule has 0 saturated heterocycles. The first-order valence-electron chi connectivity index (χ1n) is 6.06. The molecule has 0 fully saturated rings. The molecule has 3 aromatic rings. The topological polar surface area (TPSA) is 29.3 Å². The van der Waals surface area contributed by atoms with Crippen molar-refractivity contribution in [1.82, 2.24) is 9.38 Å². The smallest absolute Gasteiger partial charge is 0.194 e. The molecule has 0 bridgehead atoms. The van der Waals surface area contributed by atoms with Crippen molar-refractivity contribution >= 4 is 22.0 Å². The van der Waals surface area contributed by atoms with E-state index < -0.39 is 0 Å². The van der Waals surface area contributed by atoms with E-state index in [1.807, 2.05) is 6.92 Å². The fourth-order valence-corrected chi connectivity index (χ4v) is 3.06. The van der Waals surface area contributed by atoms with Crippen LogP contribution < -0.4 is 5.32 Å². The maximum absolute atomic E-state index is 12.8. The van der Waals surface area contributed by atoms with Crippen LogP contribution in [0.4, 0.5) is 10.1 Å². The van der Waals surface area contributed by atoms with Crippen LogP contribution in [0.2, 0.25) is 0 Å². The molecule has 2 heterocycles. The summed E-state index contributed by atoms with van der Waals surface area (Å²) in [6.45, 7) is 4.77. The molecule has 1 N–H and O–H groups in total. The highest BCUT2D eigenvalue weighted by Crippen LogP contribution is 2.21. The molecule has 0 saturated carbocycles. The number of hydrogen-bond acceptors (Lipinski definition) is 3. The normalized spacial score (nSPS) is 11.1. The lowest BCUT2D eigenvalue weighted by molar-refractivity contribution is 0.628. The summed E-state index contributed by atoms with van der Waals surface area (Å²) in [5, 5.41) is 5.40. The zero-order valence-corrected chi connectivity index (χ0v) is 11.6. The minimum atomic E-state index is -0.220. The lowest BCUT2D eigenvalue weighted by atomic mass is 10.3. The Labute approximate surface area is 114 Å². The number of imidazole rings is 1. The average Bonchev–Trinajstić information content (AvgIpc) is 2.89. The van der Waals surface area contributed by atoms with Gasteiger partial charge in [-0.15, -0.1) is 11.3 Å². The minimum Gasteiger partial charge on any atom is -0.379 e. The van der Waals surface area contributed by atoms with Gasteiger partial charge in [0.05, 0.1) is 17.9 Å². The molecule has 0 aliphatic heterocycles. The monoisotopic (exact) mass is 275 g/mol. The van der Waals surface area contributed by atoms with Gasteiger partial charge in [-0.25, -0.2) is 9.37 Å². The van der Waals surface area contributed by atoms with Gasteiger partial charge in [0.1, 0.15) is 5.82 Å². The van der Waals surface area contributed by atoms with Gasteiger partial charge in [0, 0.05) is 16.8 Å². The molecule has 0 amide bonds. The van der Waals surface area contributed by atoms with Crippen molar-refractivity contribution in [3.63, 3.8) is 0 Å². The molecule has 3 nitrogen and oxygen atoms in total. The lowest BCUT2D eigenvalue weighted by Gasteiger charge is -2.07. The third-order valence-corrected chi connectivity index (χ3v) is 4.08. The quantitative estimate of drug-likeness (QED) is 0.788. The zero-order chi connectivity index (χ0) is 13.4. The summed E-state index contributed by atoms with van der Waals surface area (Å²) in [4.78, 5) is 5.56. The number of aromatic nitrogens is 2. The number of aryl methyl sites for hydroxylation is 2. The van der Waals surface area contributed by atoms with E-state index in [-0.39, 0.29) is 5.82 Å². The number of nitrogens with one attached hydrogen (secondary N) is 1. The molecule has 5 heteroatoms. The van der Waals surface area contributed by atoms with Crippen LogP contribution in [0.1, 0.15) is 17.1 Å². The number of rotatable bonds is 3. The van der Waals surface area contributed by atoms with Crippen molar-refractivity contribution in [2.75, 3.05) is 5.32 Å². The molecule has 0 aliphatic rings. The lowest BCUT2D eigenvalue weighted by Crippen LogP contribution is -2.04. The van der Waals surface area contributed by atoms with Crippen molar-refractivity contribution in [1.29, 1.82) is 0 Å². The van der Waals surface area contributed by atoms with E-state index >= 15 is 0 Å². The Balaban J connectivity index is 1.87. The van der Waals surface area contributed by atoms with E-state index in [0.29, 0.717) is 6.54 Å². The van der Waals surface area contributed by atoms with E-state index in [1.54, 1.807) is 23.5 Å². The van der Waals surface area contributed by atoms with Crippen LogP contribution in [0.5, 0.6) is 0 Å². The highest BCUT2D eigenvalue weighted by atomic mass is 32.1. The SMILES string of the molecule is Cc1nc2scc(C)n2c1CNc1ccc(F)cc1. The Morgan fingerprint density at radius 1 is 1.26 bits per heavy atom. The highest BCUT2D eigenvalue weighted by molar-refractivity contribution is 7.15. The molecule has 98 valence electrons. The first kappa shape index (κ1) is 12.2. The number of hydrogen-bond donors (Lipinski definition) is 1. The average molecular weight is 275 g/mol. The second-order valence-electron chi connectivity index (χ2n) is 4.50. The Morgan fingerprint density at radius 3 is 2.74 bits per heavy atom. The van der Waals surface area contributed by atoms with Gasteiger partial charge < -0.3 is 5.32 Å². The summed E-state index contributed by atoms with van der Waals surface area (Å²) in [5.74, 6) is -0.220. The van der Waals surface area contributed by atoms with Crippen molar-refractivity contribution in [2.45, 2.75) is 20.4 Å². The van der Waals surface area contributed by atoms with Gasteiger partial charge in [-0.05, 0) is 38.1 Å². The van der Waals surface area contributed by atoms with Crippen LogP contribution in [0.15, 0.2) is 29.6 Å². The van der Waals surface area contributed by atoms with Crippen molar-refractivity contribution < 1.29 is 4.39 Å². The molecule has 0 radical (unpaired) electrons. The van der Waals surface area contributed by atoms with Crippen molar-refractivity contribution in [3.8, 4) is 0 Å². The molecule has 3 rings (SSSR count). The zero-order valence-electron chi connectivity index (χ0n) is 10.8. The number of fused-ring (bicyclic) bond motifs is 1. The second kappa shape index (κ2) is 4.66. The third kappa shape index (κ3) is 2.21. The predicted octanol–water partition coefficient (Wildman–Crippen LogP) is 3.76. The van der Waals surface area contributed by atoms with Crippen LogP contribution in [0.3, 0.4) is 0 Å². The standard InChI is InChI=1S/C14H14FN3S/c1-9-8-19-14-17-10(2)13(18(9)14)7-16-12-5-3-11(15)4-6-12/h3-6,8,16H,7H2,1-2H3. The first-order chi connectivity index (χ1) is 9.15. The van der Waals surface area contributed by atoms with Gasteiger partial charge in [0.25, 0.3) is 0 Å². The van der Waals surface area contributed by atoms with E-state index in [9.17, 15) is 4.39 Å². The van der Waals surface area contributed by atoms with Gasteiger partial charge in [-0.2, -0.15) is 0 Å². The summed E-state index contributed by atoms with van der Waals surface area (Å²) in [7, 11) is 0. The van der Waals surface area contributed by atoms with E-state index in [2.05, 4.69) is 27.0 Å². The molecule has 0 aliphatic carbocycles. The van der Waals surface area contributed by atoms with Gasteiger partial charge in [-0.3, -0.25) is 4.40 Å². The summed E-state index contributed by atoms with van der Waals surface area (Å²) >= 11 is 1.65. The van der Waals surface area contributed by atoms with E-state index in [1.165, 1.54) is 17.8 Å². The van der Waals surface area contributed by atoms with Crippen LogP contribution >= 0.6 is 11.3 Å². The van der Waals surface area contributed by atoms with Gasteiger partial charge in [0.15, 0.2) is 4.96 Å². The number of halogens is 1. The largest absolute Gasteiger partial charge is 0.379 e. The summed E-state index contributed by atoms with van der Waals surface area (Å²) in [6.07, 6.45) is 0. The van der Waals surface area contributed by atoms with Crippen LogP contribution in [0.25, 0.3) is 4.96 Å². The Bertz CT molecular complexity index is 712. The van der Waals surface area contributed by atoms with Gasteiger partial charge >= 0.3 is 0 Å². The third-order valence-electron chi connectivity index (χ3n) is 3.13. The summed E-state index contributed by atoms with van der Waals surface area (Å²) in [5.41, 5.74) is 4.28. The molecular weight excluding hydrogens is 261 g/mol. The molecule has 0 unspecified atom stereocenters. The molecule has 0 spiro atoms. The van der Waals surface area contributed by atoms with E-state index in [4.69, 9.17) is 0 Å². The fourth-order valence-electron chi connectivity index (χ4n) is 2.13. The van der Waals surface area contributed by atoms with Crippen LogP contribution in [-0.4, -0.2) is 9.38 Å². The Kier molecular flexibility index (Phi) is 2.98. The van der Waals surface area contributed by atoms with Crippen LogP contribution in [-0.2, 0) is 6.54 Å². The molecule has 19 heavy (non-hydrogen) atoms. The number of nitrogens with zero attached hydrogens (tertiary/aromatic N) is 2. The Morgan fingerprint density at radius 2 is 2.00 bits per heavy atom. The molecule has 2 aromatic heterocycles. The van der Waals surface area contributed by atoms with Crippen LogP contribution in [0, 0.1) is 19.7 Å². The van der Waals surface area contributed by atoms with Gasteiger partial charge in [0.2, 0.25) is 0 Å². The maximum atomic E-state index is 12.8. The Hall–Kier alpha value is -1.88. The predicted molar refractivity (Wildman–Crippen MR) is 76.3 cm³/mol. The van der Waals surface area contributed by atoms with Crippen molar-refractivity contribution in [3.05, 3.63) is 52.5 Å². The maximum Gasteiger partial charge on any atom is 0.194 e. The highest BCUT2D eigenvalue weighted by Gasteiger charge is 2.11. The summed E-state index contributed by atoms with van der Waals surface area (Å²) < 4.78 is 15.0. The van der Waals surface area contributed by atoms with Crippen molar-refractivity contribution in [2.24, 2.45) is 0 Å². The van der Waals surface area contributed by atoms with E-state index in [0.717, 1.165) is 22.0 Å². The molecular formula is C14H14FN3S. The number of anilines is 1. The van der Waals surface area contributed by atoms with Gasteiger partial charge in [-0.1, -0.05) is 0 Å². The number of thiazole rings is 1. The number of benzene rings is 1.